The summed E-state index contributed by atoms with van der Waals surface area (Å²) in [7, 11) is 0. The van der Waals surface area contributed by atoms with Gasteiger partial charge in [-0.25, -0.2) is 0 Å². The van der Waals surface area contributed by atoms with E-state index in [4.69, 9.17) is 4.42 Å². The molecule has 0 fully saturated rings. The zero-order valence-electron chi connectivity index (χ0n) is 8.53. The van der Waals surface area contributed by atoms with Gasteiger partial charge in [0.2, 0.25) is 0 Å². The lowest BCUT2D eigenvalue weighted by molar-refractivity contribution is 0.110. The number of aryl methyl sites for hydroxylation is 1. The molecule has 0 aliphatic heterocycles. The molecule has 3 nitrogen and oxygen atoms in total. The predicted octanol–water partition coefficient (Wildman–Crippen LogP) is 3.54. The van der Waals surface area contributed by atoms with Crippen LogP contribution in [0.3, 0.4) is 0 Å². The number of carbonyl (C=O) groups is 1. The maximum Gasteiger partial charge on any atom is 0.185 e. The zero-order valence-corrected chi connectivity index (χ0v) is 10.1. The summed E-state index contributed by atoms with van der Waals surface area (Å²) < 4.78 is 6.08. The number of hydrogen-bond donors (Lipinski definition) is 1. The Bertz CT molecular complexity index is 520. The summed E-state index contributed by atoms with van der Waals surface area (Å²) in [5, 5.41) is 9.83. The summed E-state index contributed by atoms with van der Waals surface area (Å²) in [6.07, 6.45) is 0.634. The first kappa shape index (κ1) is 11.0. The molecule has 1 aromatic carbocycles. The van der Waals surface area contributed by atoms with Gasteiger partial charge >= 0.3 is 0 Å². The van der Waals surface area contributed by atoms with Gasteiger partial charge in [-0.15, -0.1) is 0 Å². The lowest BCUT2D eigenvalue weighted by Gasteiger charge is -2.06. The minimum absolute atomic E-state index is 0.124. The second kappa shape index (κ2) is 4.14. The van der Waals surface area contributed by atoms with Crippen molar-refractivity contribution < 1.29 is 14.3 Å². The summed E-state index contributed by atoms with van der Waals surface area (Å²) in [4.78, 5) is 10.5. The molecule has 1 heterocycles. The Morgan fingerprint density at radius 2 is 2.12 bits per heavy atom. The average molecular weight is 281 g/mol. The summed E-state index contributed by atoms with van der Waals surface area (Å²) in [6.45, 7) is 1.86. The molecular formula is C12H9BrO3. The Kier molecular flexibility index (Phi) is 2.83. The number of furan rings is 1. The van der Waals surface area contributed by atoms with Gasteiger partial charge in [0.05, 0.1) is 5.56 Å². The maximum atomic E-state index is 10.5. The van der Waals surface area contributed by atoms with Crippen molar-refractivity contribution in [2.24, 2.45) is 0 Å². The van der Waals surface area contributed by atoms with Gasteiger partial charge in [0.1, 0.15) is 11.5 Å². The Morgan fingerprint density at radius 1 is 1.38 bits per heavy atom. The molecule has 0 saturated heterocycles. The molecule has 1 N–H and O–H groups in total. The third kappa shape index (κ3) is 1.88. The highest BCUT2D eigenvalue weighted by molar-refractivity contribution is 9.10. The smallest absolute Gasteiger partial charge is 0.185 e. The highest BCUT2D eigenvalue weighted by atomic mass is 79.9. The molecule has 0 bridgehead atoms. The van der Waals surface area contributed by atoms with Gasteiger partial charge in [0, 0.05) is 4.47 Å². The fourth-order valence-corrected chi connectivity index (χ4v) is 2.16. The number of aldehydes is 1. The van der Waals surface area contributed by atoms with Crippen molar-refractivity contribution in [1.82, 2.24) is 0 Å². The molecule has 0 saturated carbocycles. The van der Waals surface area contributed by atoms with Gasteiger partial charge in [-0.1, -0.05) is 15.9 Å². The van der Waals surface area contributed by atoms with Crippen LogP contribution in [0.4, 0.5) is 0 Å². The second-order valence-corrected chi connectivity index (χ2v) is 4.35. The molecule has 0 radical (unpaired) electrons. The van der Waals surface area contributed by atoms with Crippen LogP contribution in [0.15, 0.2) is 33.2 Å². The lowest BCUT2D eigenvalue weighted by Crippen LogP contribution is -1.83. The summed E-state index contributed by atoms with van der Waals surface area (Å²) in [5.41, 5.74) is 1.48. The van der Waals surface area contributed by atoms with Crippen molar-refractivity contribution in [2.75, 3.05) is 0 Å². The number of halogens is 1. The van der Waals surface area contributed by atoms with Crippen molar-refractivity contribution in [3.05, 3.63) is 40.1 Å². The first-order chi connectivity index (χ1) is 7.61. The van der Waals surface area contributed by atoms with E-state index in [0.717, 1.165) is 10.0 Å². The molecule has 0 spiro atoms. The minimum Gasteiger partial charge on any atom is -0.507 e. The largest absolute Gasteiger partial charge is 0.507 e. The van der Waals surface area contributed by atoms with Crippen molar-refractivity contribution in [1.29, 1.82) is 0 Å². The Balaban J connectivity index is 2.59. The molecule has 0 unspecified atom stereocenters. The van der Waals surface area contributed by atoms with E-state index in [2.05, 4.69) is 15.9 Å². The van der Waals surface area contributed by atoms with Gasteiger partial charge in [-0.05, 0) is 36.8 Å². The predicted molar refractivity (Wildman–Crippen MR) is 63.6 cm³/mol. The molecule has 2 rings (SSSR count). The number of aromatic hydroxyl groups is 1. The summed E-state index contributed by atoms with van der Waals surface area (Å²) in [6, 6.07) is 6.70. The highest BCUT2D eigenvalue weighted by Gasteiger charge is 2.12. The number of benzene rings is 1. The molecule has 0 aliphatic rings. The number of carbonyl (C=O) groups excluding carboxylic acids is 1. The summed E-state index contributed by atoms with van der Waals surface area (Å²) in [5.74, 6) is 0.861. The van der Waals surface area contributed by atoms with Crippen LogP contribution in [0.25, 0.3) is 11.3 Å². The molecule has 1 aromatic heterocycles. The van der Waals surface area contributed by atoms with E-state index < -0.39 is 0 Å². The number of rotatable bonds is 2. The van der Waals surface area contributed by atoms with Gasteiger partial charge in [0.25, 0.3) is 0 Å². The third-order valence-corrected chi connectivity index (χ3v) is 2.73. The minimum atomic E-state index is 0.124. The van der Waals surface area contributed by atoms with Crippen LogP contribution in [0.1, 0.15) is 16.1 Å². The van der Waals surface area contributed by atoms with E-state index in [9.17, 15) is 9.90 Å². The van der Waals surface area contributed by atoms with Crippen LogP contribution >= 0.6 is 15.9 Å². The molecular weight excluding hydrogens is 272 g/mol. The first-order valence-electron chi connectivity index (χ1n) is 4.66. The molecule has 82 valence electrons. The van der Waals surface area contributed by atoms with E-state index in [1.54, 1.807) is 18.2 Å². The Labute approximate surface area is 101 Å². The normalized spacial score (nSPS) is 10.4. The quantitative estimate of drug-likeness (QED) is 0.856. The average Bonchev–Trinajstić information content (AvgIpc) is 2.64. The lowest BCUT2D eigenvalue weighted by atomic mass is 10.1. The number of phenols is 1. The fourth-order valence-electron chi connectivity index (χ4n) is 1.60. The van der Waals surface area contributed by atoms with Crippen LogP contribution in [-0.2, 0) is 0 Å². The number of phenolic OH excluding ortho intramolecular Hbond substituents is 1. The molecule has 4 heteroatoms. The maximum absolute atomic E-state index is 10.5. The Morgan fingerprint density at radius 3 is 2.69 bits per heavy atom. The SMILES string of the molecule is Cc1cc(Br)cc(O)c1-c1ccc(C=O)o1. The van der Waals surface area contributed by atoms with Gasteiger partial charge < -0.3 is 9.52 Å². The summed E-state index contributed by atoms with van der Waals surface area (Å²) >= 11 is 3.29. The third-order valence-electron chi connectivity index (χ3n) is 2.27. The van der Waals surface area contributed by atoms with Crippen molar-refractivity contribution in [2.45, 2.75) is 6.92 Å². The van der Waals surface area contributed by atoms with E-state index in [1.807, 2.05) is 13.0 Å². The van der Waals surface area contributed by atoms with Gasteiger partial charge in [-0.2, -0.15) is 0 Å². The second-order valence-electron chi connectivity index (χ2n) is 3.44. The van der Waals surface area contributed by atoms with Crippen LogP contribution in [0, 0.1) is 6.92 Å². The van der Waals surface area contributed by atoms with Crippen LogP contribution in [0.5, 0.6) is 5.75 Å². The van der Waals surface area contributed by atoms with E-state index in [-0.39, 0.29) is 11.5 Å². The van der Waals surface area contributed by atoms with Crippen molar-refractivity contribution in [3.63, 3.8) is 0 Å². The fraction of sp³-hybridized carbons (Fsp3) is 0.0833. The standard InChI is InChI=1S/C12H9BrO3/c1-7-4-8(13)5-10(15)12(7)11-3-2-9(6-14)16-11/h2-6,15H,1H3. The highest BCUT2D eigenvalue weighted by Crippen LogP contribution is 2.35. The molecule has 16 heavy (non-hydrogen) atoms. The van der Waals surface area contributed by atoms with Crippen molar-refractivity contribution >= 4 is 22.2 Å². The topological polar surface area (TPSA) is 50.4 Å². The van der Waals surface area contributed by atoms with Crippen LogP contribution in [0.2, 0.25) is 0 Å². The van der Waals surface area contributed by atoms with E-state index in [0.29, 0.717) is 17.6 Å². The molecule has 0 aliphatic carbocycles. The molecule has 0 amide bonds. The van der Waals surface area contributed by atoms with Crippen LogP contribution in [-0.4, -0.2) is 11.4 Å². The van der Waals surface area contributed by atoms with Gasteiger partial charge in [0.15, 0.2) is 12.0 Å². The molecule has 2 aromatic rings. The zero-order chi connectivity index (χ0) is 11.7. The van der Waals surface area contributed by atoms with E-state index >= 15 is 0 Å². The van der Waals surface area contributed by atoms with Crippen LogP contribution < -0.4 is 0 Å². The monoisotopic (exact) mass is 280 g/mol. The first-order valence-corrected chi connectivity index (χ1v) is 5.45. The Hall–Kier alpha value is -1.55. The molecule has 0 atom stereocenters. The number of hydrogen-bond acceptors (Lipinski definition) is 3. The van der Waals surface area contributed by atoms with Crippen molar-refractivity contribution in [3.8, 4) is 17.1 Å². The van der Waals surface area contributed by atoms with Gasteiger partial charge in [-0.3, -0.25) is 4.79 Å². The van der Waals surface area contributed by atoms with E-state index in [1.165, 1.54) is 0 Å².